The molecule has 0 atom stereocenters. The van der Waals surface area contributed by atoms with Crippen LogP contribution >= 0.6 is 0 Å². The van der Waals surface area contributed by atoms with Gasteiger partial charge in [-0.3, -0.25) is 4.99 Å². The molecule has 0 amide bonds. The third kappa shape index (κ3) is 3.03. The van der Waals surface area contributed by atoms with Crippen molar-refractivity contribution in [2.24, 2.45) is 10.8 Å². The fraction of sp³-hybridized carbons (Fsp3) is 0.556. The third-order valence-electron chi connectivity index (χ3n) is 1.82. The Morgan fingerprint density at radius 3 is 2.80 bits per heavy atom. The number of aromatic nitrogens is 1. The van der Waals surface area contributed by atoms with Crippen LogP contribution in [-0.4, -0.2) is 31.1 Å². The number of hydrazine groups is 1. The molecule has 6 heteroatoms. The monoisotopic (exact) mass is 212 g/mol. The molecule has 0 unspecified atom stereocenters. The number of hydrogen-bond donors (Lipinski definition) is 2. The Bertz CT molecular complexity index is 346. The zero-order valence-corrected chi connectivity index (χ0v) is 9.20. The first kappa shape index (κ1) is 11.7. The lowest BCUT2D eigenvalue weighted by molar-refractivity contribution is 0.208. The molecule has 84 valence electrons. The van der Waals surface area contributed by atoms with Crippen LogP contribution in [-0.2, 0) is 4.74 Å². The summed E-state index contributed by atoms with van der Waals surface area (Å²) in [4.78, 5) is 8.33. The highest BCUT2D eigenvalue weighted by Gasteiger charge is 2.12. The van der Waals surface area contributed by atoms with Gasteiger partial charge in [0.25, 0.3) is 0 Å². The van der Waals surface area contributed by atoms with Gasteiger partial charge >= 0.3 is 0 Å². The van der Waals surface area contributed by atoms with Crippen molar-refractivity contribution in [1.82, 2.24) is 10.4 Å². The average Bonchev–Trinajstić information content (AvgIpc) is 2.53. The van der Waals surface area contributed by atoms with E-state index in [9.17, 15) is 0 Å². The Morgan fingerprint density at radius 2 is 2.33 bits per heavy atom. The zero-order chi connectivity index (χ0) is 11.3. The predicted octanol–water partition coefficient (Wildman–Crippen LogP) is 0.148. The Balaban J connectivity index is 2.82. The molecule has 15 heavy (non-hydrogen) atoms. The quantitative estimate of drug-likeness (QED) is 0.244. The van der Waals surface area contributed by atoms with Crippen molar-refractivity contribution in [3.05, 3.63) is 17.3 Å². The van der Waals surface area contributed by atoms with Crippen LogP contribution in [0.2, 0.25) is 0 Å². The van der Waals surface area contributed by atoms with E-state index in [1.807, 2.05) is 6.92 Å². The zero-order valence-electron chi connectivity index (χ0n) is 9.20. The molecule has 0 aliphatic rings. The largest absolute Gasteiger partial charge is 0.437 e. The molecule has 6 nitrogen and oxygen atoms in total. The summed E-state index contributed by atoms with van der Waals surface area (Å²) >= 11 is 0. The van der Waals surface area contributed by atoms with Crippen LogP contribution in [0.5, 0.6) is 0 Å². The van der Waals surface area contributed by atoms with Crippen molar-refractivity contribution in [2.45, 2.75) is 13.8 Å². The summed E-state index contributed by atoms with van der Waals surface area (Å²) in [5.74, 6) is 7.02. The van der Waals surface area contributed by atoms with Crippen LogP contribution in [0, 0.1) is 13.8 Å². The lowest BCUT2D eigenvalue weighted by Crippen LogP contribution is -2.31. The highest BCUT2D eigenvalue weighted by molar-refractivity contribution is 5.96. The molecule has 1 rings (SSSR count). The minimum atomic E-state index is 0.491. The van der Waals surface area contributed by atoms with Crippen LogP contribution < -0.4 is 11.3 Å². The summed E-state index contributed by atoms with van der Waals surface area (Å²) < 4.78 is 10.3. The highest BCUT2D eigenvalue weighted by atomic mass is 16.5. The summed E-state index contributed by atoms with van der Waals surface area (Å²) in [6.07, 6.45) is 0. The molecule has 0 radical (unpaired) electrons. The fourth-order valence-electron chi connectivity index (χ4n) is 1.18. The molecule has 0 fully saturated rings. The number of nitrogens with zero attached hydrogens (tertiary/aromatic N) is 2. The van der Waals surface area contributed by atoms with Gasteiger partial charge in [-0.25, -0.2) is 10.8 Å². The van der Waals surface area contributed by atoms with Crippen LogP contribution in [0.15, 0.2) is 9.41 Å². The van der Waals surface area contributed by atoms with Gasteiger partial charge in [-0.2, -0.15) is 0 Å². The molecular weight excluding hydrogens is 196 g/mol. The molecular formula is C9H16N4O2. The van der Waals surface area contributed by atoms with Gasteiger partial charge in [0, 0.05) is 14.0 Å². The molecule has 0 spiro atoms. The number of aliphatic imine (C=N–C) groups is 1. The fourth-order valence-corrected chi connectivity index (χ4v) is 1.18. The molecule has 0 saturated heterocycles. The third-order valence-corrected chi connectivity index (χ3v) is 1.82. The number of methoxy groups -OCH3 is 1. The number of aryl methyl sites for hydroxylation is 2. The van der Waals surface area contributed by atoms with Gasteiger partial charge < -0.3 is 14.6 Å². The number of hydrogen-bond acceptors (Lipinski definition) is 5. The Hall–Kier alpha value is -1.40. The van der Waals surface area contributed by atoms with E-state index >= 15 is 0 Å². The molecule has 0 saturated carbocycles. The van der Waals surface area contributed by atoms with Gasteiger partial charge in [0.05, 0.1) is 18.8 Å². The van der Waals surface area contributed by atoms with Gasteiger partial charge in [-0.15, -0.1) is 0 Å². The van der Waals surface area contributed by atoms with Gasteiger partial charge in [0.2, 0.25) is 0 Å². The first-order chi connectivity index (χ1) is 7.19. The van der Waals surface area contributed by atoms with E-state index in [1.54, 1.807) is 14.0 Å². The molecule has 0 aliphatic carbocycles. The first-order valence-corrected chi connectivity index (χ1v) is 4.63. The molecule has 1 heterocycles. The van der Waals surface area contributed by atoms with E-state index in [0.717, 1.165) is 5.69 Å². The number of amidine groups is 1. The first-order valence-electron chi connectivity index (χ1n) is 4.63. The molecule has 1 aromatic heterocycles. The van der Waals surface area contributed by atoms with Crippen LogP contribution in [0.4, 0.5) is 0 Å². The summed E-state index contributed by atoms with van der Waals surface area (Å²) in [5, 5.41) is 0. The maximum Gasteiger partial charge on any atom is 0.193 e. The van der Waals surface area contributed by atoms with E-state index < -0.39 is 0 Å². The standard InChI is InChI=1S/C9H16N4O2/c1-6-8(15-7(2)12-6)9(13-10)11-4-5-14-3/h4-5,10H2,1-3H3,(H,11,13). The van der Waals surface area contributed by atoms with Gasteiger partial charge in [-0.05, 0) is 6.92 Å². The molecule has 0 bridgehead atoms. The molecule has 0 aromatic carbocycles. The predicted molar refractivity (Wildman–Crippen MR) is 56.6 cm³/mol. The Morgan fingerprint density at radius 1 is 1.60 bits per heavy atom. The number of oxazole rings is 1. The number of nitrogens with two attached hydrogens (primary N) is 1. The van der Waals surface area contributed by atoms with Gasteiger partial charge in [-0.1, -0.05) is 0 Å². The normalized spacial score (nSPS) is 11.9. The second-order valence-corrected chi connectivity index (χ2v) is 3.01. The van der Waals surface area contributed by atoms with Crippen molar-refractivity contribution in [2.75, 3.05) is 20.3 Å². The van der Waals surface area contributed by atoms with Crippen molar-refractivity contribution in [1.29, 1.82) is 0 Å². The SMILES string of the molecule is COCCN=C(NN)c1oc(C)nc1C. The van der Waals surface area contributed by atoms with Crippen molar-refractivity contribution in [3.8, 4) is 0 Å². The van der Waals surface area contributed by atoms with Crippen LogP contribution in [0.25, 0.3) is 0 Å². The topological polar surface area (TPSA) is 85.7 Å². The van der Waals surface area contributed by atoms with E-state index in [0.29, 0.717) is 30.6 Å². The Labute approximate surface area is 88.5 Å². The summed E-state index contributed by atoms with van der Waals surface area (Å²) in [6.45, 7) is 4.68. The lowest BCUT2D eigenvalue weighted by Gasteiger charge is -2.02. The van der Waals surface area contributed by atoms with E-state index in [1.165, 1.54) is 0 Å². The summed E-state index contributed by atoms with van der Waals surface area (Å²) in [5.41, 5.74) is 3.26. The summed E-state index contributed by atoms with van der Waals surface area (Å²) in [6, 6.07) is 0. The number of nitrogens with one attached hydrogen (secondary N) is 1. The van der Waals surface area contributed by atoms with Crippen molar-refractivity contribution in [3.63, 3.8) is 0 Å². The van der Waals surface area contributed by atoms with Crippen molar-refractivity contribution >= 4 is 5.84 Å². The number of rotatable bonds is 4. The lowest BCUT2D eigenvalue weighted by atomic mass is 10.3. The van der Waals surface area contributed by atoms with E-state index in [2.05, 4.69) is 15.4 Å². The highest BCUT2D eigenvalue weighted by Crippen LogP contribution is 2.09. The van der Waals surface area contributed by atoms with Gasteiger partial charge in [0.1, 0.15) is 0 Å². The van der Waals surface area contributed by atoms with E-state index in [-0.39, 0.29) is 0 Å². The second-order valence-electron chi connectivity index (χ2n) is 3.01. The molecule has 1 aromatic rings. The second kappa shape index (κ2) is 5.47. The molecule has 0 aliphatic heterocycles. The molecule has 3 N–H and O–H groups in total. The van der Waals surface area contributed by atoms with Crippen LogP contribution in [0.3, 0.4) is 0 Å². The van der Waals surface area contributed by atoms with Crippen molar-refractivity contribution < 1.29 is 9.15 Å². The number of ether oxygens (including phenoxy) is 1. The average molecular weight is 212 g/mol. The van der Waals surface area contributed by atoms with E-state index in [4.69, 9.17) is 15.0 Å². The smallest absolute Gasteiger partial charge is 0.193 e. The minimum absolute atomic E-state index is 0.491. The van der Waals surface area contributed by atoms with Gasteiger partial charge in [0.15, 0.2) is 17.5 Å². The Kier molecular flexibility index (Phi) is 4.26. The summed E-state index contributed by atoms with van der Waals surface area (Å²) in [7, 11) is 1.62. The maximum atomic E-state index is 5.37. The maximum absolute atomic E-state index is 5.37. The minimum Gasteiger partial charge on any atom is -0.437 e. The van der Waals surface area contributed by atoms with Crippen LogP contribution in [0.1, 0.15) is 17.3 Å².